The number of carbonyl (C=O) groups is 2. The third-order valence-corrected chi connectivity index (χ3v) is 2.02. The second kappa shape index (κ2) is 3.42. The molecule has 2 amide bonds. The van der Waals surface area contributed by atoms with Gasteiger partial charge in [0.25, 0.3) is 0 Å². The Labute approximate surface area is 70.5 Å². The molecule has 1 rings (SSSR count). The summed E-state index contributed by atoms with van der Waals surface area (Å²) in [5, 5.41) is 0. The Bertz CT molecular complexity index is 205. The van der Waals surface area contributed by atoms with Crippen molar-refractivity contribution in [1.29, 1.82) is 0 Å². The van der Waals surface area contributed by atoms with Crippen LogP contribution >= 0.6 is 0 Å². The van der Waals surface area contributed by atoms with E-state index in [0.717, 1.165) is 0 Å². The molecule has 1 saturated heterocycles. The van der Waals surface area contributed by atoms with Crippen LogP contribution in [0.4, 0.5) is 4.79 Å². The fraction of sp³-hybridized carbons (Fsp3) is 0.714. The van der Waals surface area contributed by atoms with Crippen LogP contribution < -0.4 is 5.73 Å². The molecule has 68 valence electrons. The molecular formula is C7H12N2O3. The van der Waals surface area contributed by atoms with E-state index in [9.17, 15) is 9.59 Å². The van der Waals surface area contributed by atoms with Crippen molar-refractivity contribution < 1.29 is 14.3 Å². The zero-order chi connectivity index (χ0) is 9.14. The summed E-state index contributed by atoms with van der Waals surface area (Å²) in [6, 6.07) is 0. The monoisotopic (exact) mass is 172 g/mol. The van der Waals surface area contributed by atoms with Crippen LogP contribution in [0.25, 0.3) is 0 Å². The highest BCUT2D eigenvalue weighted by molar-refractivity contribution is 5.78. The number of rotatable bonds is 1. The number of nitrogens with zero attached hydrogens (tertiary/aromatic N) is 1. The third kappa shape index (κ3) is 1.66. The summed E-state index contributed by atoms with van der Waals surface area (Å²) < 4.78 is 4.50. The van der Waals surface area contributed by atoms with E-state index in [-0.39, 0.29) is 11.8 Å². The number of methoxy groups -OCH3 is 1. The molecule has 5 heteroatoms. The summed E-state index contributed by atoms with van der Waals surface area (Å²) in [6.45, 7) is 0.947. The van der Waals surface area contributed by atoms with Crippen LogP contribution in [-0.4, -0.2) is 37.1 Å². The normalized spacial score (nSPS) is 22.4. The first-order valence-corrected chi connectivity index (χ1v) is 3.77. The number of hydrogen-bond acceptors (Lipinski definition) is 3. The maximum Gasteiger partial charge on any atom is 0.409 e. The summed E-state index contributed by atoms with van der Waals surface area (Å²) in [7, 11) is 1.32. The molecule has 0 aromatic rings. The highest BCUT2D eigenvalue weighted by Gasteiger charge is 2.29. The summed E-state index contributed by atoms with van der Waals surface area (Å²) in [4.78, 5) is 23.1. The van der Waals surface area contributed by atoms with Crippen LogP contribution in [0.15, 0.2) is 0 Å². The van der Waals surface area contributed by atoms with Gasteiger partial charge in [-0.3, -0.25) is 4.79 Å². The molecule has 0 aliphatic carbocycles. The number of hydrogen-bond donors (Lipinski definition) is 1. The smallest absolute Gasteiger partial charge is 0.409 e. The largest absolute Gasteiger partial charge is 0.453 e. The maximum absolute atomic E-state index is 10.9. The van der Waals surface area contributed by atoms with Crippen molar-refractivity contribution in [1.82, 2.24) is 4.90 Å². The van der Waals surface area contributed by atoms with Crippen LogP contribution in [0.3, 0.4) is 0 Å². The average molecular weight is 172 g/mol. The minimum Gasteiger partial charge on any atom is -0.453 e. The minimum atomic E-state index is -0.390. The second-order valence-electron chi connectivity index (χ2n) is 2.80. The number of nitrogens with two attached hydrogens (primary N) is 1. The first-order valence-electron chi connectivity index (χ1n) is 3.77. The predicted octanol–water partition coefficient (Wildman–Crippen LogP) is -0.440. The standard InChI is InChI=1S/C7H12N2O3/c1-12-7(11)9-3-2-5(4-9)6(8)10/h5H,2-4H2,1H3,(H2,8,10)/t5-/m0/s1. The van der Waals surface area contributed by atoms with Crippen molar-refractivity contribution >= 4 is 12.0 Å². The highest BCUT2D eigenvalue weighted by Crippen LogP contribution is 2.15. The SMILES string of the molecule is COC(=O)N1CC[C@H](C(N)=O)C1. The van der Waals surface area contributed by atoms with Crippen LogP contribution in [0.2, 0.25) is 0 Å². The van der Waals surface area contributed by atoms with Gasteiger partial charge in [0.1, 0.15) is 0 Å². The van der Waals surface area contributed by atoms with E-state index in [4.69, 9.17) is 5.73 Å². The van der Waals surface area contributed by atoms with Crippen molar-refractivity contribution in [3.63, 3.8) is 0 Å². The fourth-order valence-electron chi connectivity index (χ4n) is 1.29. The van der Waals surface area contributed by atoms with E-state index in [1.54, 1.807) is 0 Å². The predicted molar refractivity (Wildman–Crippen MR) is 41.3 cm³/mol. The molecule has 0 aromatic heterocycles. The quantitative estimate of drug-likeness (QED) is 0.582. The molecule has 0 aromatic carbocycles. The lowest BCUT2D eigenvalue weighted by atomic mass is 10.1. The Balaban J connectivity index is 2.45. The molecular weight excluding hydrogens is 160 g/mol. The Kier molecular flexibility index (Phi) is 2.52. The summed E-state index contributed by atoms with van der Waals surface area (Å²) in [5.41, 5.74) is 5.08. The first kappa shape index (κ1) is 8.83. The Morgan fingerprint density at radius 3 is 2.67 bits per heavy atom. The van der Waals surface area contributed by atoms with Crippen LogP contribution in [0.1, 0.15) is 6.42 Å². The van der Waals surface area contributed by atoms with Gasteiger partial charge in [-0.1, -0.05) is 0 Å². The van der Waals surface area contributed by atoms with Crippen molar-refractivity contribution in [3.05, 3.63) is 0 Å². The molecule has 1 fully saturated rings. The van der Waals surface area contributed by atoms with Gasteiger partial charge in [0.05, 0.1) is 13.0 Å². The Morgan fingerprint density at radius 1 is 1.58 bits per heavy atom. The number of carbonyl (C=O) groups excluding carboxylic acids is 2. The first-order chi connectivity index (χ1) is 5.65. The van der Waals surface area contributed by atoms with E-state index in [1.807, 2.05) is 0 Å². The Morgan fingerprint density at radius 2 is 2.25 bits per heavy atom. The molecule has 0 bridgehead atoms. The third-order valence-electron chi connectivity index (χ3n) is 2.02. The number of likely N-dealkylation sites (tertiary alicyclic amines) is 1. The molecule has 1 aliphatic rings. The lowest BCUT2D eigenvalue weighted by Gasteiger charge is -2.13. The molecule has 2 N–H and O–H groups in total. The molecule has 5 nitrogen and oxygen atoms in total. The zero-order valence-corrected chi connectivity index (χ0v) is 6.95. The van der Waals surface area contributed by atoms with E-state index in [0.29, 0.717) is 19.5 Å². The summed E-state index contributed by atoms with van der Waals surface area (Å²) in [6.07, 6.45) is 0.253. The number of primary amides is 1. The highest BCUT2D eigenvalue weighted by atomic mass is 16.5. The maximum atomic E-state index is 10.9. The summed E-state index contributed by atoms with van der Waals surface area (Å²) in [5.74, 6) is -0.550. The average Bonchev–Trinajstić information content (AvgIpc) is 2.51. The van der Waals surface area contributed by atoms with E-state index in [2.05, 4.69) is 4.74 Å². The second-order valence-corrected chi connectivity index (χ2v) is 2.80. The van der Waals surface area contributed by atoms with Gasteiger partial charge in [0.2, 0.25) is 5.91 Å². The van der Waals surface area contributed by atoms with Gasteiger partial charge >= 0.3 is 6.09 Å². The van der Waals surface area contributed by atoms with E-state index < -0.39 is 6.09 Å². The molecule has 1 atom stereocenters. The topological polar surface area (TPSA) is 72.6 Å². The Hall–Kier alpha value is -1.26. The van der Waals surface area contributed by atoms with Gasteiger partial charge in [-0.05, 0) is 6.42 Å². The van der Waals surface area contributed by atoms with Crippen molar-refractivity contribution in [2.24, 2.45) is 11.7 Å². The minimum absolute atomic E-state index is 0.205. The van der Waals surface area contributed by atoms with Gasteiger partial charge in [0.15, 0.2) is 0 Å². The number of ether oxygens (including phenoxy) is 1. The van der Waals surface area contributed by atoms with Gasteiger partial charge in [-0.25, -0.2) is 4.79 Å². The number of amides is 2. The lowest BCUT2D eigenvalue weighted by molar-refractivity contribution is -0.121. The van der Waals surface area contributed by atoms with E-state index in [1.165, 1.54) is 12.0 Å². The molecule has 12 heavy (non-hydrogen) atoms. The van der Waals surface area contributed by atoms with E-state index >= 15 is 0 Å². The van der Waals surface area contributed by atoms with Gasteiger partial charge in [-0.2, -0.15) is 0 Å². The lowest BCUT2D eigenvalue weighted by Crippen LogP contribution is -2.31. The van der Waals surface area contributed by atoms with Gasteiger partial charge in [-0.15, -0.1) is 0 Å². The molecule has 1 aliphatic heterocycles. The van der Waals surface area contributed by atoms with Gasteiger partial charge < -0.3 is 15.4 Å². The molecule has 1 heterocycles. The van der Waals surface area contributed by atoms with Gasteiger partial charge in [0, 0.05) is 13.1 Å². The zero-order valence-electron chi connectivity index (χ0n) is 6.95. The fourth-order valence-corrected chi connectivity index (χ4v) is 1.29. The van der Waals surface area contributed by atoms with Crippen molar-refractivity contribution in [2.45, 2.75) is 6.42 Å². The van der Waals surface area contributed by atoms with Crippen LogP contribution in [0, 0.1) is 5.92 Å². The molecule has 0 saturated carbocycles. The van der Waals surface area contributed by atoms with Crippen LogP contribution in [0.5, 0.6) is 0 Å². The molecule has 0 unspecified atom stereocenters. The summed E-state index contributed by atoms with van der Waals surface area (Å²) >= 11 is 0. The van der Waals surface area contributed by atoms with Crippen molar-refractivity contribution in [3.8, 4) is 0 Å². The van der Waals surface area contributed by atoms with Crippen LogP contribution in [-0.2, 0) is 9.53 Å². The molecule has 0 radical (unpaired) electrons. The molecule has 0 spiro atoms. The van der Waals surface area contributed by atoms with Crippen molar-refractivity contribution in [2.75, 3.05) is 20.2 Å².